The van der Waals surface area contributed by atoms with Crippen LogP contribution in [0, 0.1) is 0 Å². The molecule has 8 unspecified atom stereocenters. The molecule has 302 valence electrons. The van der Waals surface area contributed by atoms with Crippen molar-refractivity contribution in [2.75, 3.05) is 13.2 Å². The number of aliphatic hydroxyl groups excluding tert-OH is 5. The van der Waals surface area contributed by atoms with Gasteiger partial charge in [-0.25, -0.2) is 4.18 Å². The quantitative estimate of drug-likeness (QED) is 0.0274. The van der Waals surface area contributed by atoms with Gasteiger partial charge in [-0.1, -0.05) is 148 Å². The minimum absolute atomic E-state index is 0.247. The van der Waals surface area contributed by atoms with Gasteiger partial charge in [0.15, 0.2) is 6.29 Å². The van der Waals surface area contributed by atoms with E-state index in [1.165, 1.54) is 83.1 Å². The van der Waals surface area contributed by atoms with Crippen molar-refractivity contribution in [3.63, 3.8) is 0 Å². The molecule has 1 rings (SSSR count). The van der Waals surface area contributed by atoms with Gasteiger partial charge in [-0.3, -0.25) is 9.35 Å². The number of nitrogens with one attached hydrogen (secondary N) is 1. The fraction of sp³-hybridized carbons (Fsp3) is 0.919. The first kappa shape index (κ1) is 47.8. The number of carbonyl (C=O) groups excluding carboxylic acids is 1. The van der Waals surface area contributed by atoms with Crippen LogP contribution in [0.25, 0.3) is 0 Å². The molecular weight excluding hydrogens is 682 g/mol. The van der Waals surface area contributed by atoms with E-state index >= 15 is 0 Å². The van der Waals surface area contributed by atoms with E-state index in [9.17, 15) is 38.7 Å². The number of ether oxygens (including phenoxy) is 2. The van der Waals surface area contributed by atoms with E-state index in [-0.39, 0.29) is 6.42 Å². The van der Waals surface area contributed by atoms with Gasteiger partial charge in [-0.05, 0) is 19.3 Å². The third-order valence-corrected chi connectivity index (χ3v) is 9.89. The predicted molar refractivity (Wildman–Crippen MR) is 196 cm³/mol. The first-order valence-corrected chi connectivity index (χ1v) is 21.0. The maximum Gasteiger partial charge on any atom is 0.397 e. The Morgan fingerprint density at radius 3 is 1.76 bits per heavy atom. The van der Waals surface area contributed by atoms with Crippen LogP contribution in [0.3, 0.4) is 0 Å². The predicted octanol–water partition coefficient (Wildman–Crippen LogP) is 5.01. The van der Waals surface area contributed by atoms with Gasteiger partial charge in [0.05, 0.1) is 25.4 Å². The average molecular weight is 754 g/mol. The molecule has 7 N–H and O–H groups in total. The summed E-state index contributed by atoms with van der Waals surface area (Å²) in [6.07, 6.45) is 16.2. The standard InChI is InChI=1S/C37H71NO12S/c1-3-5-7-9-11-13-14-15-16-17-18-20-22-24-26-31(41)36(44)38-29(30(40)25-23-21-19-12-10-8-6-4-2)28-48-37-34(43)35(50-51(45,46)47)33(42)32(27-39)49-37/h23,25,29-35,37,39-43H,3-22,24,26-28H2,1-2H3,(H,38,44)(H,45,46,47)/b25-23+. The minimum atomic E-state index is -5.11. The molecule has 8 atom stereocenters. The van der Waals surface area contributed by atoms with E-state index in [2.05, 4.69) is 23.3 Å². The van der Waals surface area contributed by atoms with Crippen LogP contribution in [0.5, 0.6) is 0 Å². The number of aliphatic hydroxyl groups is 5. The number of carbonyl (C=O) groups is 1. The van der Waals surface area contributed by atoms with Gasteiger partial charge in [-0.2, -0.15) is 8.42 Å². The van der Waals surface area contributed by atoms with Gasteiger partial charge in [0.2, 0.25) is 5.91 Å². The number of rotatable bonds is 32. The molecule has 0 spiro atoms. The third-order valence-electron chi connectivity index (χ3n) is 9.43. The summed E-state index contributed by atoms with van der Waals surface area (Å²) in [5.74, 6) is -0.706. The summed E-state index contributed by atoms with van der Waals surface area (Å²) in [6.45, 7) is 3.13. The van der Waals surface area contributed by atoms with Gasteiger partial charge in [-0.15, -0.1) is 0 Å². The Balaban J connectivity index is 2.64. The fourth-order valence-electron chi connectivity index (χ4n) is 6.22. The highest BCUT2D eigenvalue weighted by molar-refractivity contribution is 7.80. The number of allylic oxidation sites excluding steroid dienone is 1. The maximum absolute atomic E-state index is 13.0. The van der Waals surface area contributed by atoms with Gasteiger partial charge < -0.3 is 40.3 Å². The monoisotopic (exact) mass is 753 g/mol. The summed E-state index contributed by atoms with van der Waals surface area (Å²) >= 11 is 0. The van der Waals surface area contributed by atoms with Crippen LogP contribution in [-0.4, -0.2) is 107 Å². The fourth-order valence-corrected chi connectivity index (χ4v) is 6.73. The zero-order chi connectivity index (χ0) is 37.9. The highest BCUT2D eigenvalue weighted by Gasteiger charge is 2.48. The van der Waals surface area contributed by atoms with Crippen molar-refractivity contribution in [2.45, 2.75) is 204 Å². The van der Waals surface area contributed by atoms with Crippen molar-refractivity contribution in [2.24, 2.45) is 0 Å². The van der Waals surface area contributed by atoms with Crippen molar-refractivity contribution in [3.05, 3.63) is 12.2 Å². The highest BCUT2D eigenvalue weighted by Crippen LogP contribution is 2.26. The third kappa shape index (κ3) is 22.6. The van der Waals surface area contributed by atoms with Crippen molar-refractivity contribution in [3.8, 4) is 0 Å². The summed E-state index contributed by atoms with van der Waals surface area (Å²) in [5.41, 5.74) is 0. The topological polar surface area (TPSA) is 212 Å². The number of hydrogen-bond donors (Lipinski definition) is 7. The Labute approximate surface area is 307 Å². The molecule has 1 heterocycles. The largest absolute Gasteiger partial charge is 0.397 e. The number of amides is 1. The number of unbranched alkanes of at least 4 members (excludes halogenated alkanes) is 19. The van der Waals surface area contributed by atoms with Crippen molar-refractivity contribution in [1.82, 2.24) is 5.32 Å². The van der Waals surface area contributed by atoms with E-state index in [1.54, 1.807) is 6.08 Å². The van der Waals surface area contributed by atoms with Gasteiger partial charge in [0.1, 0.15) is 30.5 Å². The summed E-state index contributed by atoms with van der Waals surface area (Å²) in [5, 5.41) is 54.7. The van der Waals surface area contributed by atoms with Gasteiger partial charge >= 0.3 is 10.4 Å². The van der Waals surface area contributed by atoms with Crippen LogP contribution in [0.1, 0.15) is 155 Å². The summed E-state index contributed by atoms with van der Waals surface area (Å²) < 4.78 is 47.2. The van der Waals surface area contributed by atoms with E-state index in [0.29, 0.717) is 12.8 Å². The minimum Gasteiger partial charge on any atom is -0.394 e. The molecule has 0 aromatic rings. The first-order chi connectivity index (χ1) is 24.4. The number of hydrogen-bond acceptors (Lipinski definition) is 11. The Kier molecular flexibility index (Phi) is 27.4. The van der Waals surface area contributed by atoms with E-state index in [4.69, 9.17) is 14.0 Å². The lowest BCUT2D eigenvalue weighted by Crippen LogP contribution is -2.61. The summed E-state index contributed by atoms with van der Waals surface area (Å²) in [4.78, 5) is 13.0. The van der Waals surface area contributed by atoms with Crippen LogP contribution in [-0.2, 0) is 28.9 Å². The van der Waals surface area contributed by atoms with Crippen LogP contribution in [0.2, 0.25) is 0 Å². The summed E-state index contributed by atoms with van der Waals surface area (Å²) in [6, 6.07) is -1.11. The molecule has 1 aliphatic rings. The van der Waals surface area contributed by atoms with Crippen LogP contribution in [0.4, 0.5) is 0 Å². The van der Waals surface area contributed by atoms with Crippen LogP contribution >= 0.6 is 0 Å². The molecular formula is C37H71NO12S. The second kappa shape index (κ2) is 29.2. The van der Waals surface area contributed by atoms with Crippen molar-refractivity contribution in [1.29, 1.82) is 0 Å². The molecule has 14 heteroatoms. The molecule has 1 saturated heterocycles. The zero-order valence-corrected chi connectivity index (χ0v) is 32.1. The van der Waals surface area contributed by atoms with Gasteiger partial charge in [0, 0.05) is 0 Å². The summed E-state index contributed by atoms with van der Waals surface area (Å²) in [7, 11) is -5.11. The molecule has 0 aliphatic carbocycles. The molecule has 0 aromatic carbocycles. The lowest BCUT2D eigenvalue weighted by atomic mass is 9.99. The van der Waals surface area contributed by atoms with Crippen LogP contribution < -0.4 is 5.32 Å². The average Bonchev–Trinajstić information content (AvgIpc) is 3.09. The second-order valence-electron chi connectivity index (χ2n) is 14.0. The Bertz CT molecular complexity index is 1000. The van der Waals surface area contributed by atoms with E-state index in [0.717, 1.165) is 44.9 Å². The smallest absolute Gasteiger partial charge is 0.394 e. The Morgan fingerprint density at radius 1 is 0.784 bits per heavy atom. The molecule has 0 bridgehead atoms. The van der Waals surface area contributed by atoms with Crippen molar-refractivity contribution >= 4 is 16.3 Å². The first-order valence-electron chi connectivity index (χ1n) is 19.7. The molecule has 13 nitrogen and oxygen atoms in total. The van der Waals surface area contributed by atoms with E-state index in [1.807, 2.05) is 0 Å². The Hall–Kier alpha value is -1.20. The highest BCUT2D eigenvalue weighted by atomic mass is 32.3. The van der Waals surface area contributed by atoms with Gasteiger partial charge in [0.25, 0.3) is 0 Å². The molecule has 0 radical (unpaired) electrons. The molecule has 1 amide bonds. The van der Waals surface area contributed by atoms with Crippen LogP contribution in [0.15, 0.2) is 12.2 Å². The normalized spacial score (nSPS) is 23.0. The molecule has 1 aliphatic heterocycles. The molecule has 1 fully saturated rings. The lowest BCUT2D eigenvalue weighted by Gasteiger charge is -2.41. The SMILES string of the molecule is CCCCCCCC/C=C/C(O)C(COC1OC(CO)C(O)C(OS(=O)(=O)O)C1O)NC(=O)C(O)CCCCCCCCCCCCCCCC. The Morgan fingerprint density at radius 2 is 1.27 bits per heavy atom. The molecule has 0 saturated carbocycles. The van der Waals surface area contributed by atoms with Crippen molar-refractivity contribution < 1.29 is 57.0 Å². The zero-order valence-electron chi connectivity index (χ0n) is 31.3. The lowest BCUT2D eigenvalue weighted by molar-refractivity contribution is -0.298. The molecule has 51 heavy (non-hydrogen) atoms. The second-order valence-corrected chi connectivity index (χ2v) is 15.1. The molecule has 0 aromatic heterocycles. The van der Waals surface area contributed by atoms with E-state index < -0.39 is 78.5 Å². The maximum atomic E-state index is 13.0.